The van der Waals surface area contributed by atoms with E-state index in [1.54, 1.807) is 7.11 Å². The van der Waals surface area contributed by atoms with E-state index in [9.17, 15) is 0 Å². The van der Waals surface area contributed by atoms with Crippen LogP contribution in [-0.2, 0) is 6.54 Å². The van der Waals surface area contributed by atoms with E-state index in [1.165, 1.54) is 16.7 Å². The molecule has 0 aliphatic rings. The summed E-state index contributed by atoms with van der Waals surface area (Å²) < 4.78 is 11.2. The van der Waals surface area contributed by atoms with Gasteiger partial charge < -0.3 is 14.8 Å². The van der Waals surface area contributed by atoms with Crippen molar-refractivity contribution in [3.63, 3.8) is 0 Å². The van der Waals surface area contributed by atoms with Gasteiger partial charge in [0.1, 0.15) is 0 Å². The number of aryl methyl sites for hydroxylation is 2. The van der Waals surface area contributed by atoms with Crippen molar-refractivity contribution >= 4 is 5.69 Å². The Kier molecular flexibility index (Phi) is 5.91. The predicted octanol–water partition coefficient (Wildman–Crippen LogP) is 4.96. The van der Waals surface area contributed by atoms with E-state index in [0.717, 1.165) is 23.7 Å². The lowest BCUT2D eigenvalue weighted by Crippen LogP contribution is -2.06. The molecule has 0 fully saturated rings. The molecule has 124 valence electrons. The highest BCUT2D eigenvalue weighted by atomic mass is 16.5. The number of benzene rings is 2. The first kappa shape index (κ1) is 17.2. The molecule has 0 saturated carbocycles. The van der Waals surface area contributed by atoms with Crippen molar-refractivity contribution in [3.8, 4) is 11.5 Å². The number of hydrogen-bond donors (Lipinski definition) is 1. The smallest absolute Gasteiger partial charge is 0.161 e. The summed E-state index contributed by atoms with van der Waals surface area (Å²) in [6.45, 7) is 9.97. The first-order valence-electron chi connectivity index (χ1n) is 8.10. The van der Waals surface area contributed by atoms with Gasteiger partial charge in [-0.3, -0.25) is 0 Å². The number of nitrogens with one attached hydrogen (secondary N) is 1. The van der Waals surface area contributed by atoms with Crippen molar-refractivity contribution in [2.75, 3.05) is 19.0 Å². The van der Waals surface area contributed by atoms with Crippen molar-refractivity contribution in [2.45, 2.75) is 34.2 Å². The zero-order valence-corrected chi connectivity index (χ0v) is 14.8. The summed E-state index contributed by atoms with van der Waals surface area (Å²) in [4.78, 5) is 0. The highest BCUT2D eigenvalue weighted by molar-refractivity contribution is 5.49. The molecule has 3 heteroatoms. The zero-order valence-electron chi connectivity index (χ0n) is 14.8. The lowest BCUT2D eigenvalue weighted by molar-refractivity contribution is 0.256. The lowest BCUT2D eigenvalue weighted by atomic mass is 10.1. The molecule has 0 atom stereocenters. The third kappa shape index (κ3) is 4.92. The van der Waals surface area contributed by atoms with Crippen molar-refractivity contribution in [2.24, 2.45) is 5.92 Å². The van der Waals surface area contributed by atoms with E-state index in [1.807, 2.05) is 6.07 Å². The van der Waals surface area contributed by atoms with Gasteiger partial charge in [-0.15, -0.1) is 0 Å². The minimum absolute atomic E-state index is 0.483. The number of methoxy groups -OCH3 is 1. The maximum atomic E-state index is 5.86. The van der Waals surface area contributed by atoms with Crippen molar-refractivity contribution in [3.05, 3.63) is 53.1 Å². The molecular weight excluding hydrogens is 286 g/mol. The summed E-state index contributed by atoms with van der Waals surface area (Å²) in [5, 5.41) is 3.46. The van der Waals surface area contributed by atoms with Crippen LogP contribution < -0.4 is 14.8 Å². The van der Waals surface area contributed by atoms with Crippen molar-refractivity contribution in [1.29, 1.82) is 0 Å². The highest BCUT2D eigenvalue weighted by Crippen LogP contribution is 2.29. The second-order valence-corrected chi connectivity index (χ2v) is 6.34. The van der Waals surface area contributed by atoms with Crippen LogP contribution in [0.15, 0.2) is 36.4 Å². The van der Waals surface area contributed by atoms with Crippen molar-refractivity contribution < 1.29 is 9.47 Å². The van der Waals surface area contributed by atoms with E-state index >= 15 is 0 Å². The van der Waals surface area contributed by atoms with Gasteiger partial charge in [-0.05, 0) is 60.7 Å². The molecule has 0 aromatic heterocycles. The molecule has 0 unspecified atom stereocenters. The zero-order chi connectivity index (χ0) is 16.8. The summed E-state index contributed by atoms with van der Waals surface area (Å²) in [5.74, 6) is 2.07. The fourth-order valence-electron chi connectivity index (χ4n) is 2.26. The highest BCUT2D eigenvalue weighted by Gasteiger charge is 2.07. The summed E-state index contributed by atoms with van der Waals surface area (Å²) in [6, 6.07) is 12.5. The molecule has 2 rings (SSSR count). The van der Waals surface area contributed by atoms with Crippen molar-refractivity contribution in [1.82, 2.24) is 0 Å². The van der Waals surface area contributed by atoms with Crippen LogP contribution in [0.2, 0.25) is 0 Å². The number of ether oxygens (including phenoxy) is 2. The van der Waals surface area contributed by atoms with Crippen LogP contribution in [0.25, 0.3) is 0 Å². The van der Waals surface area contributed by atoms with Gasteiger partial charge in [0.05, 0.1) is 13.7 Å². The van der Waals surface area contributed by atoms with Gasteiger partial charge >= 0.3 is 0 Å². The summed E-state index contributed by atoms with van der Waals surface area (Å²) in [7, 11) is 1.67. The average molecular weight is 313 g/mol. The van der Waals surface area contributed by atoms with Gasteiger partial charge in [-0.2, -0.15) is 0 Å². The van der Waals surface area contributed by atoms with E-state index in [2.05, 4.69) is 63.3 Å². The number of anilines is 1. The third-order valence-corrected chi connectivity index (χ3v) is 3.80. The molecule has 0 amide bonds. The summed E-state index contributed by atoms with van der Waals surface area (Å²) in [5.41, 5.74) is 4.91. The molecule has 0 saturated heterocycles. The average Bonchev–Trinajstić information content (AvgIpc) is 2.54. The first-order chi connectivity index (χ1) is 11.0. The Hall–Kier alpha value is -2.16. The molecule has 1 N–H and O–H groups in total. The molecule has 23 heavy (non-hydrogen) atoms. The van der Waals surface area contributed by atoms with Gasteiger partial charge in [-0.25, -0.2) is 0 Å². The SMILES string of the molecule is COc1ccc(CNc2ccc(C)c(C)c2)cc1OCC(C)C. The molecule has 0 radical (unpaired) electrons. The normalized spacial score (nSPS) is 10.7. The van der Waals surface area contributed by atoms with Crippen LogP contribution in [0.4, 0.5) is 5.69 Å². The quantitative estimate of drug-likeness (QED) is 0.783. The largest absolute Gasteiger partial charge is 0.493 e. The Morgan fingerprint density at radius 3 is 2.39 bits per heavy atom. The summed E-state index contributed by atoms with van der Waals surface area (Å²) >= 11 is 0. The fourth-order valence-corrected chi connectivity index (χ4v) is 2.26. The standard InChI is InChI=1S/C20H27NO2/c1-14(2)13-23-20-11-17(7-9-19(20)22-5)12-21-18-8-6-15(3)16(4)10-18/h6-11,14,21H,12-13H2,1-5H3. The molecular formula is C20H27NO2. The third-order valence-electron chi connectivity index (χ3n) is 3.80. The van der Waals surface area contributed by atoms with E-state index < -0.39 is 0 Å². The second-order valence-electron chi connectivity index (χ2n) is 6.34. The Balaban J connectivity index is 2.07. The number of hydrogen-bond acceptors (Lipinski definition) is 3. The van der Waals surface area contributed by atoms with Gasteiger partial charge in [0, 0.05) is 12.2 Å². The predicted molar refractivity (Wildman–Crippen MR) is 96.6 cm³/mol. The molecule has 0 aliphatic heterocycles. The Morgan fingerprint density at radius 1 is 0.957 bits per heavy atom. The first-order valence-corrected chi connectivity index (χ1v) is 8.10. The van der Waals surface area contributed by atoms with Crippen LogP contribution in [0.3, 0.4) is 0 Å². The van der Waals surface area contributed by atoms with E-state index in [0.29, 0.717) is 12.5 Å². The molecule has 2 aromatic carbocycles. The lowest BCUT2D eigenvalue weighted by Gasteiger charge is -2.14. The van der Waals surface area contributed by atoms with Gasteiger partial charge in [-0.1, -0.05) is 26.0 Å². The Morgan fingerprint density at radius 2 is 1.74 bits per heavy atom. The van der Waals surface area contributed by atoms with Crippen LogP contribution >= 0.6 is 0 Å². The van der Waals surface area contributed by atoms with Gasteiger partial charge in [0.2, 0.25) is 0 Å². The van der Waals surface area contributed by atoms with E-state index in [-0.39, 0.29) is 0 Å². The van der Waals surface area contributed by atoms with Gasteiger partial charge in [0.15, 0.2) is 11.5 Å². The fraction of sp³-hybridized carbons (Fsp3) is 0.400. The minimum atomic E-state index is 0.483. The second kappa shape index (κ2) is 7.91. The van der Waals surface area contributed by atoms with Crippen LogP contribution in [-0.4, -0.2) is 13.7 Å². The van der Waals surface area contributed by atoms with Crippen LogP contribution in [0.5, 0.6) is 11.5 Å². The monoisotopic (exact) mass is 313 g/mol. The van der Waals surface area contributed by atoms with Crippen LogP contribution in [0, 0.1) is 19.8 Å². The molecule has 0 spiro atoms. The molecule has 3 nitrogen and oxygen atoms in total. The van der Waals surface area contributed by atoms with Crippen LogP contribution in [0.1, 0.15) is 30.5 Å². The Bertz CT molecular complexity index is 650. The maximum absolute atomic E-state index is 5.86. The number of rotatable bonds is 7. The topological polar surface area (TPSA) is 30.5 Å². The molecule has 0 aliphatic carbocycles. The molecule has 0 bridgehead atoms. The maximum Gasteiger partial charge on any atom is 0.161 e. The van der Waals surface area contributed by atoms with Gasteiger partial charge in [0.25, 0.3) is 0 Å². The minimum Gasteiger partial charge on any atom is -0.493 e. The Labute approximate surface area is 139 Å². The van der Waals surface area contributed by atoms with E-state index in [4.69, 9.17) is 9.47 Å². The molecule has 2 aromatic rings. The molecule has 0 heterocycles. The summed E-state index contributed by atoms with van der Waals surface area (Å²) in [6.07, 6.45) is 0.